The molecular weight excluding hydrogens is 737 g/mol. The van der Waals surface area contributed by atoms with Crippen molar-refractivity contribution in [2.45, 2.75) is 56.5 Å². The number of pyridine rings is 2. The van der Waals surface area contributed by atoms with Gasteiger partial charge in [-0.25, -0.2) is 13.6 Å². The highest BCUT2D eigenvalue weighted by Crippen LogP contribution is 2.52. The van der Waals surface area contributed by atoms with Gasteiger partial charge in [0, 0.05) is 76.8 Å². The summed E-state index contributed by atoms with van der Waals surface area (Å²) >= 11 is 0. The summed E-state index contributed by atoms with van der Waals surface area (Å²) < 4.78 is 49.0. The van der Waals surface area contributed by atoms with Crippen LogP contribution in [0.5, 0.6) is 11.5 Å². The number of amides is 1. The van der Waals surface area contributed by atoms with Gasteiger partial charge in [0.15, 0.2) is 0 Å². The molecule has 0 radical (unpaired) electrons. The van der Waals surface area contributed by atoms with Crippen LogP contribution in [0.4, 0.5) is 14.5 Å². The summed E-state index contributed by atoms with van der Waals surface area (Å²) in [6.07, 6.45) is 6.82. The number of methoxy groups -OCH3 is 2. The van der Waals surface area contributed by atoms with E-state index < -0.39 is 35.5 Å². The summed E-state index contributed by atoms with van der Waals surface area (Å²) in [7, 11) is 7.89. The molecule has 3 fully saturated rings. The fourth-order valence-corrected chi connectivity index (χ4v) is 8.93. The van der Waals surface area contributed by atoms with Crippen molar-refractivity contribution in [2.24, 2.45) is 19.5 Å². The van der Waals surface area contributed by atoms with E-state index in [1.54, 1.807) is 57.7 Å². The van der Waals surface area contributed by atoms with Gasteiger partial charge in [-0.3, -0.25) is 28.6 Å². The van der Waals surface area contributed by atoms with Crippen LogP contribution in [0.15, 0.2) is 58.4 Å². The summed E-state index contributed by atoms with van der Waals surface area (Å²) in [5, 5.41) is 3.90. The maximum Gasteiger partial charge on any atom is 0.329 e. The highest BCUT2D eigenvalue weighted by Gasteiger charge is 2.62. The van der Waals surface area contributed by atoms with Gasteiger partial charge in [-0.05, 0) is 73.5 Å². The van der Waals surface area contributed by atoms with Crippen molar-refractivity contribution in [3.8, 4) is 22.6 Å². The van der Waals surface area contributed by atoms with Crippen LogP contribution in [0.1, 0.15) is 55.3 Å². The Labute approximate surface area is 327 Å². The van der Waals surface area contributed by atoms with Gasteiger partial charge in [0.2, 0.25) is 5.91 Å². The molecule has 1 unspecified atom stereocenters. The molecule has 2 aromatic carbocycles. The molecule has 57 heavy (non-hydrogen) atoms. The zero-order valence-corrected chi connectivity index (χ0v) is 32.8. The molecule has 1 atom stereocenters. The molecule has 5 aromatic rings. The van der Waals surface area contributed by atoms with Crippen LogP contribution in [-0.2, 0) is 30.2 Å². The van der Waals surface area contributed by atoms with Gasteiger partial charge >= 0.3 is 5.69 Å². The van der Waals surface area contributed by atoms with Crippen LogP contribution in [-0.4, -0.2) is 89.1 Å². The summed E-state index contributed by atoms with van der Waals surface area (Å²) in [4.78, 5) is 58.9. The maximum absolute atomic E-state index is 16.4. The van der Waals surface area contributed by atoms with Crippen molar-refractivity contribution >= 4 is 39.7 Å². The van der Waals surface area contributed by atoms with Gasteiger partial charge in [-0.2, -0.15) is 0 Å². The van der Waals surface area contributed by atoms with E-state index in [0.29, 0.717) is 57.9 Å². The average Bonchev–Trinajstić information content (AvgIpc) is 4.01. The smallest absolute Gasteiger partial charge is 0.329 e. The average molecular weight is 784 g/mol. The monoisotopic (exact) mass is 783 g/mol. The van der Waals surface area contributed by atoms with Crippen molar-refractivity contribution in [3.05, 3.63) is 80.9 Å². The number of piperidine rings is 1. The van der Waals surface area contributed by atoms with E-state index in [2.05, 4.69) is 10.3 Å². The molecule has 15 heteroatoms. The number of rotatable bonds is 12. The summed E-state index contributed by atoms with van der Waals surface area (Å²) in [5.74, 6) is -2.03. The Hall–Kier alpha value is -5.57. The number of ether oxygens (including phenoxy) is 2. The van der Waals surface area contributed by atoms with Crippen LogP contribution in [0.2, 0.25) is 0 Å². The second kappa shape index (κ2) is 14.4. The second-order valence-corrected chi connectivity index (χ2v) is 15.8. The number of likely N-dealkylation sites (N-methyl/N-ethyl adjacent to an activating group) is 1. The fraction of sp³-hybridized carbons (Fsp3) is 0.452. The van der Waals surface area contributed by atoms with Gasteiger partial charge in [0.05, 0.1) is 53.8 Å². The number of para-hydroxylation sites is 1. The number of anilines is 1. The first-order chi connectivity index (χ1) is 27.3. The number of halogens is 2. The second-order valence-electron chi connectivity index (χ2n) is 15.8. The molecule has 1 saturated carbocycles. The highest BCUT2D eigenvalue weighted by atomic mass is 19.3. The Bertz CT molecular complexity index is 2510. The first kappa shape index (κ1) is 38.3. The quantitative estimate of drug-likeness (QED) is 0.178. The van der Waals surface area contributed by atoms with Gasteiger partial charge in [0.25, 0.3) is 11.5 Å². The number of likely N-dealkylation sites (tertiary alicyclic amines) is 1. The largest absolute Gasteiger partial charge is 0.496 e. The van der Waals surface area contributed by atoms with Gasteiger partial charge in [-0.15, -0.1) is 0 Å². The summed E-state index contributed by atoms with van der Waals surface area (Å²) in [6.45, 7) is 0.341. The topological polar surface area (TPSA) is 133 Å². The number of fused-ring (bicyclic) bond motifs is 2. The van der Waals surface area contributed by atoms with E-state index in [1.807, 2.05) is 29.2 Å². The molecule has 2 saturated heterocycles. The third-order valence-electron chi connectivity index (χ3n) is 12.3. The van der Waals surface area contributed by atoms with Crippen molar-refractivity contribution in [3.63, 3.8) is 0 Å². The predicted molar refractivity (Wildman–Crippen MR) is 213 cm³/mol. The lowest BCUT2D eigenvalue weighted by Crippen LogP contribution is -2.70. The van der Waals surface area contributed by atoms with E-state index >= 15 is 8.78 Å². The molecule has 2 aliphatic heterocycles. The van der Waals surface area contributed by atoms with E-state index in [1.165, 1.54) is 20.7 Å². The van der Waals surface area contributed by atoms with Gasteiger partial charge < -0.3 is 29.1 Å². The number of aryl methyl sites for hydroxylation is 2. The third-order valence-corrected chi connectivity index (χ3v) is 12.3. The molecule has 300 valence electrons. The van der Waals surface area contributed by atoms with Crippen molar-refractivity contribution in [2.75, 3.05) is 52.3 Å². The number of carbonyl (C=O) groups excluding carboxylic acids is 2. The van der Waals surface area contributed by atoms with Crippen LogP contribution in [0.3, 0.4) is 0 Å². The van der Waals surface area contributed by atoms with Crippen molar-refractivity contribution in [1.82, 2.24) is 28.9 Å². The molecule has 0 bridgehead atoms. The molecule has 13 nitrogen and oxygen atoms in total. The third kappa shape index (κ3) is 6.35. The number of alkyl halides is 2. The molecule has 1 aliphatic carbocycles. The lowest BCUT2D eigenvalue weighted by molar-refractivity contribution is -0.181. The molecular formula is C42H47F2N7O6. The normalized spacial score (nSPS) is 18.1. The van der Waals surface area contributed by atoms with Crippen LogP contribution < -0.4 is 30.9 Å². The molecule has 3 aliphatic rings. The highest BCUT2D eigenvalue weighted by molar-refractivity contribution is 5.96. The first-order valence-corrected chi connectivity index (χ1v) is 19.3. The number of aromatic nitrogens is 4. The van der Waals surface area contributed by atoms with Crippen LogP contribution in [0.25, 0.3) is 32.9 Å². The van der Waals surface area contributed by atoms with E-state index in [0.717, 1.165) is 35.0 Å². The SMILES string of the molecule is CNC(=O)C(CCC=O)n1c(=O)n(C)c2c(N3CC4(CCN(Cc5c(OC)cc(-c6cn(C)c(=O)c7cnc(C8CC8)cc67)cc5OC)CC4(F)F)C3)cccc21. The number of carbonyl (C=O) groups is 2. The Morgan fingerprint density at radius 1 is 1.05 bits per heavy atom. The molecule has 1 amide bonds. The first-order valence-electron chi connectivity index (χ1n) is 19.3. The van der Waals surface area contributed by atoms with Crippen molar-refractivity contribution in [1.29, 1.82) is 0 Å². The minimum Gasteiger partial charge on any atom is -0.496 e. The number of hydrogen-bond donors (Lipinski definition) is 1. The Morgan fingerprint density at radius 3 is 2.40 bits per heavy atom. The molecule has 8 rings (SSSR count). The Kier molecular flexibility index (Phi) is 9.69. The van der Waals surface area contributed by atoms with E-state index in [-0.39, 0.29) is 44.5 Å². The minimum absolute atomic E-state index is 0.0968. The van der Waals surface area contributed by atoms with Gasteiger partial charge in [0.1, 0.15) is 23.8 Å². The molecule has 5 heterocycles. The molecule has 1 N–H and O–H groups in total. The number of hydrogen-bond acceptors (Lipinski definition) is 9. The lowest BCUT2D eigenvalue weighted by Gasteiger charge is -2.58. The van der Waals surface area contributed by atoms with Gasteiger partial charge in [-0.1, -0.05) is 6.07 Å². The zero-order valence-electron chi connectivity index (χ0n) is 32.8. The standard InChI is InChI=1S/C42H47F2N7O6/c1-45-38(53)34(10-7-15-52)51-33-9-6-8-32(37(33)48(3)40(51)55)50-22-41(23-50)13-14-49(24-42(41,43)44)21-30-35(56-4)16-26(17-36(30)57-5)29-20-47(2)39(54)28-19-46-31(18-27(28)29)25-11-12-25/h6,8-9,15-20,25,34H,7,10-14,21-24H2,1-5H3,(H,45,53). The van der Waals surface area contributed by atoms with E-state index in [4.69, 9.17) is 9.47 Å². The summed E-state index contributed by atoms with van der Waals surface area (Å²) in [5.41, 5.74) is 3.06. The summed E-state index contributed by atoms with van der Waals surface area (Å²) in [6, 6.07) is 10.2. The van der Waals surface area contributed by atoms with Crippen LogP contribution in [0, 0.1) is 5.41 Å². The minimum atomic E-state index is -3.03. The predicted octanol–water partition coefficient (Wildman–Crippen LogP) is 4.76. The number of aldehydes is 1. The lowest BCUT2D eigenvalue weighted by atomic mass is 9.69. The number of benzene rings is 2. The Morgan fingerprint density at radius 2 is 1.77 bits per heavy atom. The fourth-order valence-electron chi connectivity index (χ4n) is 8.93. The number of imidazole rings is 1. The Balaban J connectivity index is 1.04. The van der Waals surface area contributed by atoms with E-state index in [9.17, 15) is 19.2 Å². The molecule has 1 spiro atoms. The van der Waals surface area contributed by atoms with Crippen LogP contribution >= 0.6 is 0 Å². The number of nitrogens with one attached hydrogen (secondary N) is 1. The maximum atomic E-state index is 16.4. The zero-order chi connectivity index (χ0) is 40.4. The molecule has 3 aromatic heterocycles. The van der Waals surface area contributed by atoms with Crippen molar-refractivity contribution < 1.29 is 27.8 Å². The number of nitrogens with zero attached hydrogens (tertiary/aromatic N) is 6.